The van der Waals surface area contributed by atoms with Crippen LogP contribution in [-0.2, 0) is 0 Å². The van der Waals surface area contributed by atoms with Crippen LogP contribution in [0.2, 0.25) is 0 Å². The van der Waals surface area contributed by atoms with Gasteiger partial charge in [-0.3, -0.25) is 4.90 Å². The van der Waals surface area contributed by atoms with E-state index in [-0.39, 0.29) is 6.04 Å². The van der Waals surface area contributed by atoms with Crippen molar-refractivity contribution in [3.8, 4) is 0 Å². The normalized spacial score (nSPS) is 47.2. The SMILES string of the molecule is CC(C=CC1CC1)=CC1C(O)C(C)(O)C2C(O)C(O)CCN12. The Morgan fingerprint density at radius 3 is 2.50 bits per heavy atom. The molecule has 22 heavy (non-hydrogen) atoms. The zero-order valence-corrected chi connectivity index (χ0v) is 13.3. The summed E-state index contributed by atoms with van der Waals surface area (Å²) in [4.78, 5) is 1.93. The maximum Gasteiger partial charge on any atom is 0.108 e. The molecule has 1 saturated carbocycles. The highest BCUT2D eigenvalue weighted by Gasteiger charge is 2.59. The number of nitrogens with zero attached hydrogens (tertiary/aromatic N) is 1. The molecule has 3 fully saturated rings. The van der Waals surface area contributed by atoms with Gasteiger partial charge in [-0.25, -0.2) is 0 Å². The lowest BCUT2D eigenvalue weighted by Crippen LogP contribution is -2.60. The Balaban J connectivity index is 1.83. The molecule has 5 heteroatoms. The van der Waals surface area contributed by atoms with Crippen molar-refractivity contribution in [2.75, 3.05) is 6.54 Å². The minimum absolute atomic E-state index is 0.342. The van der Waals surface area contributed by atoms with Gasteiger partial charge in [-0.15, -0.1) is 0 Å². The highest BCUT2D eigenvalue weighted by atomic mass is 16.4. The predicted molar refractivity (Wildman–Crippen MR) is 83.2 cm³/mol. The standard InChI is InChI=1S/C17H27NO4/c1-10(3-4-11-5-6-11)9-12-16(21)17(2,22)15-14(20)13(19)7-8-18(12)15/h3-4,9,11-16,19-22H,5-8H2,1-2H3. The molecule has 2 aliphatic heterocycles. The van der Waals surface area contributed by atoms with E-state index < -0.39 is 30.0 Å². The fraction of sp³-hybridized carbons (Fsp3) is 0.765. The van der Waals surface area contributed by atoms with Gasteiger partial charge in [0.2, 0.25) is 0 Å². The van der Waals surface area contributed by atoms with Gasteiger partial charge in [0.25, 0.3) is 0 Å². The van der Waals surface area contributed by atoms with E-state index in [0.29, 0.717) is 18.9 Å². The summed E-state index contributed by atoms with van der Waals surface area (Å²) >= 11 is 0. The minimum atomic E-state index is -1.44. The van der Waals surface area contributed by atoms with Crippen LogP contribution in [0.5, 0.6) is 0 Å². The molecule has 124 valence electrons. The van der Waals surface area contributed by atoms with Crippen LogP contribution < -0.4 is 0 Å². The second kappa shape index (κ2) is 5.73. The molecular weight excluding hydrogens is 282 g/mol. The number of aliphatic hydroxyl groups excluding tert-OH is 3. The van der Waals surface area contributed by atoms with Crippen LogP contribution >= 0.6 is 0 Å². The first-order valence-electron chi connectivity index (χ1n) is 8.21. The van der Waals surface area contributed by atoms with Gasteiger partial charge in [-0.05, 0) is 39.0 Å². The number of allylic oxidation sites excluding steroid dienone is 3. The summed E-state index contributed by atoms with van der Waals surface area (Å²) in [5.74, 6) is 0.694. The van der Waals surface area contributed by atoms with Gasteiger partial charge in [0.05, 0.1) is 24.3 Å². The summed E-state index contributed by atoms with van der Waals surface area (Å²) in [6.07, 6.45) is 6.30. The van der Waals surface area contributed by atoms with Crippen molar-refractivity contribution in [2.45, 2.75) is 69.1 Å². The van der Waals surface area contributed by atoms with Crippen molar-refractivity contribution in [3.05, 3.63) is 23.8 Å². The number of piperidine rings is 1. The van der Waals surface area contributed by atoms with E-state index in [2.05, 4.69) is 12.2 Å². The topological polar surface area (TPSA) is 84.2 Å². The largest absolute Gasteiger partial charge is 0.390 e. The molecule has 3 aliphatic rings. The van der Waals surface area contributed by atoms with Crippen LogP contribution in [0.1, 0.15) is 33.1 Å². The second-order valence-corrected chi connectivity index (χ2v) is 7.30. The lowest BCUT2D eigenvalue weighted by atomic mass is 9.85. The Hall–Kier alpha value is -0.720. The maximum atomic E-state index is 10.6. The van der Waals surface area contributed by atoms with E-state index in [1.165, 1.54) is 12.8 Å². The van der Waals surface area contributed by atoms with E-state index in [9.17, 15) is 20.4 Å². The second-order valence-electron chi connectivity index (χ2n) is 7.30. The van der Waals surface area contributed by atoms with Gasteiger partial charge in [-0.2, -0.15) is 0 Å². The van der Waals surface area contributed by atoms with Crippen molar-refractivity contribution in [3.63, 3.8) is 0 Å². The molecular formula is C17H27NO4. The molecule has 5 nitrogen and oxygen atoms in total. The molecule has 0 bridgehead atoms. The first-order valence-corrected chi connectivity index (χ1v) is 8.21. The first-order chi connectivity index (χ1) is 10.3. The summed E-state index contributed by atoms with van der Waals surface area (Å²) in [5, 5.41) is 41.3. The summed E-state index contributed by atoms with van der Waals surface area (Å²) in [7, 11) is 0. The Kier molecular flexibility index (Phi) is 4.20. The molecule has 3 rings (SSSR count). The molecule has 0 spiro atoms. The minimum Gasteiger partial charge on any atom is -0.390 e. The van der Waals surface area contributed by atoms with Gasteiger partial charge in [-0.1, -0.05) is 23.8 Å². The molecule has 6 unspecified atom stereocenters. The summed E-state index contributed by atoms with van der Waals surface area (Å²) in [6.45, 7) is 4.08. The number of hydrogen-bond donors (Lipinski definition) is 4. The molecule has 0 amide bonds. The van der Waals surface area contributed by atoms with Crippen LogP contribution in [0.15, 0.2) is 23.8 Å². The molecule has 0 radical (unpaired) electrons. The van der Waals surface area contributed by atoms with Crippen molar-refractivity contribution >= 4 is 0 Å². The van der Waals surface area contributed by atoms with Crippen molar-refractivity contribution in [2.24, 2.45) is 5.92 Å². The van der Waals surface area contributed by atoms with Crippen LogP contribution in [-0.4, -0.2) is 67.9 Å². The van der Waals surface area contributed by atoms with E-state index in [1.807, 2.05) is 17.9 Å². The number of aliphatic hydroxyl groups is 4. The first kappa shape index (κ1) is 16.1. The lowest BCUT2D eigenvalue weighted by molar-refractivity contribution is -0.128. The van der Waals surface area contributed by atoms with Crippen LogP contribution in [0.25, 0.3) is 0 Å². The summed E-state index contributed by atoms with van der Waals surface area (Å²) in [6, 6.07) is -0.987. The molecule has 0 aromatic carbocycles. The average Bonchev–Trinajstić information content (AvgIpc) is 3.25. The fourth-order valence-electron chi connectivity index (χ4n) is 3.80. The van der Waals surface area contributed by atoms with Crippen LogP contribution in [0.3, 0.4) is 0 Å². The average molecular weight is 309 g/mol. The number of fused-ring (bicyclic) bond motifs is 1. The monoisotopic (exact) mass is 309 g/mol. The number of hydrogen-bond acceptors (Lipinski definition) is 5. The van der Waals surface area contributed by atoms with E-state index in [4.69, 9.17) is 0 Å². The highest BCUT2D eigenvalue weighted by Crippen LogP contribution is 2.40. The molecule has 0 aromatic heterocycles. The molecule has 2 heterocycles. The van der Waals surface area contributed by atoms with E-state index >= 15 is 0 Å². The zero-order valence-electron chi connectivity index (χ0n) is 13.3. The Morgan fingerprint density at radius 2 is 1.86 bits per heavy atom. The van der Waals surface area contributed by atoms with E-state index in [1.54, 1.807) is 6.92 Å². The van der Waals surface area contributed by atoms with Gasteiger partial charge < -0.3 is 20.4 Å². The maximum absolute atomic E-state index is 10.6. The number of rotatable bonds is 3. The molecule has 4 N–H and O–H groups in total. The predicted octanol–water partition coefficient (Wildman–Crippen LogP) is 0.189. The van der Waals surface area contributed by atoms with E-state index in [0.717, 1.165) is 5.57 Å². The Labute approximate surface area is 131 Å². The van der Waals surface area contributed by atoms with Crippen molar-refractivity contribution in [1.29, 1.82) is 0 Å². The summed E-state index contributed by atoms with van der Waals surface area (Å²) < 4.78 is 0. The third kappa shape index (κ3) is 2.76. The van der Waals surface area contributed by atoms with Crippen molar-refractivity contribution < 1.29 is 20.4 Å². The third-order valence-electron chi connectivity index (χ3n) is 5.35. The lowest BCUT2D eigenvalue weighted by Gasteiger charge is -2.42. The van der Waals surface area contributed by atoms with Crippen molar-refractivity contribution in [1.82, 2.24) is 4.90 Å². The fourth-order valence-corrected chi connectivity index (χ4v) is 3.80. The van der Waals surface area contributed by atoms with Gasteiger partial charge in [0.1, 0.15) is 11.7 Å². The zero-order chi connectivity index (χ0) is 16.1. The van der Waals surface area contributed by atoms with Gasteiger partial charge >= 0.3 is 0 Å². The quantitative estimate of drug-likeness (QED) is 0.559. The van der Waals surface area contributed by atoms with Gasteiger partial charge in [0, 0.05) is 6.54 Å². The summed E-state index contributed by atoms with van der Waals surface area (Å²) in [5.41, 5.74) is -0.393. The van der Waals surface area contributed by atoms with Gasteiger partial charge in [0.15, 0.2) is 0 Å². The molecule has 1 aliphatic carbocycles. The highest BCUT2D eigenvalue weighted by molar-refractivity contribution is 5.26. The molecule has 2 saturated heterocycles. The third-order valence-corrected chi connectivity index (χ3v) is 5.35. The van der Waals surface area contributed by atoms with Crippen LogP contribution in [0, 0.1) is 5.92 Å². The molecule has 6 atom stereocenters. The smallest absolute Gasteiger partial charge is 0.108 e. The Bertz CT molecular complexity index is 483. The molecule has 0 aromatic rings. The Morgan fingerprint density at radius 1 is 1.18 bits per heavy atom. The van der Waals surface area contributed by atoms with Crippen LogP contribution in [0.4, 0.5) is 0 Å².